The van der Waals surface area contributed by atoms with Crippen LogP contribution in [0.1, 0.15) is 81.6 Å². The van der Waals surface area contributed by atoms with Crippen molar-refractivity contribution in [1.82, 2.24) is 15.5 Å². The van der Waals surface area contributed by atoms with Crippen molar-refractivity contribution in [2.75, 3.05) is 33.7 Å². The highest BCUT2D eigenvalue weighted by atomic mass is 16.7. The smallest absolute Gasteiger partial charge is 0.312 e. The van der Waals surface area contributed by atoms with Crippen molar-refractivity contribution in [2.45, 2.75) is 147 Å². The molecule has 0 aliphatic carbocycles. The predicted molar refractivity (Wildman–Crippen MR) is 168 cm³/mol. The zero-order valence-electron chi connectivity index (χ0n) is 28.9. The maximum Gasteiger partial charge on any atom is 0.312 e. The second kappa shape index (κ2) is 15.8. The summed E-state index contributed by atoms with van der Waals surface area (Å²) in [5.74, 6) is -2.91. The molecule has 260 valence electrons. The zero-order valence-corrected chi connectivity index (χ0v) is 28.9. The molecule has 2 fully saturated rings. The van der Waals surface area contributed by atoms with Gasteiger partial charge in [0, 0.05) is 24.5 Å². The Labute approximate surface area is 264 Å². The van der Waals surface area contributed by atoms with Crippen LogP contribution in [0.3, 0.4) is 0 Å². The third kappa shape index (κ3) is 8.90. The molecule has 2 aliphatic rings. The van der Waals surface area contributed by atoms with E-state index in [1.54, 1.807) is 34.6 Å². The molecule has 0 spiro atoms. The third-order valence-electron chi connectivity index (χ3n) is 10.1. The Morgan fingerprint density at radius 2 is 1.68 bits per heavy atom. The van der Waals surface area contributed by atoms with Gasteiger partial charge in [0.2, 0.25) is 0 Å². The third-order valence-corrected chi connectivity index (χ3v) is 10.1. The summed E-state index contributed by atoms with van der Waals surface area (Å²) in [5, 5.41) is 64.8. The van der Waals surface area contributed by atoms with Crippen molar-refractivity contribution in [3.05, 3.63) is 0 Å². The number of rotatable bonds is 7. The first-order valence-electron chi connectivity index (χ1n) is 16.4. The number of cyclic esters (lactones) is 1. The predicted octanol–water partition coefficient (Wildman–Crippen LogP) is 0.613. The van der Waals surface area contributed by atoms with E-state index in [0.29, 0.717) is 19.5 Å². The summed E-state index contributed by atoms with van der Waals surface area (Å²) in [4.78, 5) is 15.7. The fourth-order valence-electron chi connectivity index (χ4n) is 7.05. The average molecular weight is 634 g/mol. The van der Waals surface area contributed by atoms with E-state index in [2.05, 4.69) is 10.6 Å². The molecule has 0 aromatic carbocycles. The van der Waals surface area contributed by atoms with Crippen LogP contribution in [0.5, 0.6) is 0 Å². The lowest BCUT2D eigenvalue weighted by molar-refractivity contribution is -0.304. The van der Waals surface area contributed by atoms with Crippen LogP contribution < -0.4 is 10.6 Å². The first kappa shape index (κ1) is 39.2. The fourth-order valence-corrected chi connectivity index (χ4v) is 7.05. The normalized spacial score (nSPS) is 47.1. The minimum atomic E-state index is -1.80. The van der Waals surface area contributed by atoms with E-state index in [1.165, 1.54) is 6.92 Å². The molecule has 0 saturated carbocycles. The minimum Gasteiger partial charge on any atom is -0.459 e. The fraction of sp³-hybridized carbons (Fsp3) is 0.969. The van der Waals surface area contributed by atoms with Gasteiger partial charge in [-0.15, -0.1) is 0 Å². The topological polar surface area (TPSA) is 173 Å². The first-order valence-corrected chi connectivity index (χ1v) is 16.4. The molecule has 1 unspecified atom stereocenters. The molecule has 44 heavy (non-hydrogen) atoms. The Morgan fingerprint density at radius 1 is 1.07 bits per heavy atom. The van der Waals surface area contributed by atoms with Gasteiger partial charge in [0.05, 0.1) is 29.3 Å². The van der Waals surface area contributed by atoms with Gasteiger partial charge in [-0.3, -0.25) is 4.79 Å². The highest BCUT2D eigenvalue weighted by molar-refractivity contribution is 5.74. The minimum absolute atomic E-state index is 0.0222. The van der Waals surface area contributed by atoms with Crippen LogP contribution in [0.15, 0.2) is 0 Å². The van der Waals surface area contributed by atoms with Crippen LogP contribution in [0.4, 0.5) is 0 Å². The van der Waals surface area contributed by atoms with Gasteiger partial charge >= 0.3 is 5.97 Å². The average Bonchev–Trinajstić information content (AvgIpc) is 2.94. The van der Waals surface area contributed by atoms with E-state index in [0.717, 1.165) is 0 Å². The Morgan fingerprint density at radius 3 is 2.23 bits per heavy atom. The van der Waals surface area contributed by atoms with Gasteiger partial charge in [0.15, 0.2) is 6.29 Å². The number of hydrogen-bond acceptors (Lipinski definition) is 12. The lowest BCUT2D eigenvalue weighted by Crippen LogP contribution is -2.64. The van der Waals surface area contributed by atoms with E-state index >= 15 is 0 Å². The molecule has 0 aromatic rings. The molecule has 0 aromatic heterocycles. The van der Waals surface area contributed by atoms with Crippen LogP contribution in [0.25, 0.3) is 0 Å². The van der Waals surface area contributed by atoms with E-state index in [4.69, 9.17) is 14.2 Å². The standard InChI is InChI=1S/C32H63N3O9/c1-12-24-31(9,40)26(37)22(7)34-16-18(3)15-30(8,39)27(44-29-25(36)23(35(10)11)14-19(4)42-29)20(5)32(41,17-33-13-2)21(6)28(38)43-24/h18-27,29,33-34,36-37,39-41H,12-17H2,1-11H3/t18-,19-,20-,21?,22-,23+,24-,25-,26-,27-,29+,30+,31-,32-/m1/s1. The van der Waals surface area contributed by atoms with Crippen LogP contribution in [0, 0.1) is 17.8 Å². The maximum atomic E-state index is 13.8. The van der Waals surface area contributed by atoms with Crippen molar-refractivity contribution in [1.29, 1.82) is 0 Å². The molecule has 2 aliphatic heterocycles. The molecule has 14 atom stereocenters. The SMILES string of the molecule is CCNC[C@]1(O)C(C)C(=O)O[C@H](CC)[C@@](C)(O)[C@H](O)[C@@H](C)NC[C@H](C)C[C@](C)(O)[C@H](O[C@@H]2O[C@H](C)C[C@H](N(C)C)[C@H]2O)[C@H]1C. The number of nitrogens with one attached hydrogen (secondary N) is 2. The van der Waals surface area contributed by atoms with Gasteiger partial charge in [0.1, 0.15) is 23.9 Å². The number of aliphatic hydroxyl groups is 5. The summed E-state index contributed by atoms with van der Waals surface area (Å²) >= 11 is 0. The van der Waals surface area contributed by atoms with Gasteiger partial charge in [-0.2, -0.15) is 0 Å². The molecule has 12 heteroatoms. The lowest BCUT2D eigenvalue weighted by atomic mass is 9.70. The number of carbonyl (C=O) groups excluding carboxylic acids is 1. The Hall–Kier alpha value is -0.930. The van der Waals surface area contributed by atoms with Crippen molar-refractivity contribution >= 4 is 5.97 Å². The van der Waals surface area contributed by atoms with Crippen LogP contribution in [-0.4, -0.2) is 136 Å². The molecular formula is C32H63N3O9. The van der Waals surface area contributed by atoms with Crippen molar-refractivity contribution < 1.29 is 44.5 Å². The number of aliphatic hydroxyl groups excluding tert-OH is 2. The van der Waals surface area contributed by atoms with E-state index in [-0.39, 0.29) is 37.5 Å². The van der Waals surface area contributed by atoms with Crippen molar-refractivity contribution in [2.24, 2.45) is 17.8 Å². The molecule has 7 N–H and O–H groups in total. The van der Waals surface area contributed by atoms with Crippen LogP contribution in [0.2, 0.25) is 0 Å². The summed E-state index contributed by atoms with van der Waals surface area (Å²) in [5.41, 5.74) is -5.14. The van der Waals surface area contributed by atoms with Gasteiger partial charge in [0.25, 0.3) is 0 Å². The second-order valence-corrected chi connectivity index (χ2v) is 14.3. The molecular weight excluding hydrogens is 570 g/mol. The molecule has 0 radical (unpaired) electrons. The van der Waals surface area contributed by atoms with E-state index in [1.807, 2.05) is 39.8 Å². The van der Waals surface area contributed by atoms with Crippen LogP contribution in [-0.2, 0) is 19.0 Å². The number of esters is 1. The second-order valence-electron chi connectivity index (χ2n) is 14.3. The maximum absolute atomic E-state index is 13.8. The number of carbonyl (C=O) groups is 1. The number of nitrogens with zero attached hydrogens (tertiary/aromatic N) is 1. The van der Waals surface area contributed by atoms with Gasteiger partial charge < -0.3 is 55.3 Å². The molecule has 2 rings (SSSR count). The van der Waals surface area contributed by atoms with E-state index in [9.17, 15) is 30.3 Å². The number of ether oxygens (including phenoxy) is 3. The summed E-state index contributed by atoms with van der Waals surface area (Å²) in [7, 11) is 3.75. The first-order chi connectivity index (χ1) is 20.2. The number of hydrogen-bond donors (Lipinski definition) is 7. The van der Waals surface area contributed by atoms with E-state index < -0.39 is 71.4 Å². The Bertz CT molecular complexity index is 906. The highest BCUT2D eigenvalue weighted by Crippen LogP contribution is 2.40. The molecule has 0 amide bonds. The van der Waals surface area contributed by atoms with Gasteiger partial charge in [-0.05, 0) is 87.0 Å². The van der Waals surface area contributed by atoms with Gasteiger partial charge in [-0.25, -0.2) is 0 Å². The van der Waals surface area contributed by atoms with Gasteiger partial charge in [-0.1, -0.05) is 27.7 Å². The van der Waals surface area contributed by atoms with Crippen LogP contribution >= 0.6 is 0 Å². The zero-order chi connectivity index (χ0) is 33.8. The monoisotopic (exact) mass is 633 g/mol. The summed E-state index contributed by atoms with van der Waals surface area (Å²) in [6, 6.07) is -0.824. The summed E-state index contributed by atoms with van der Waals surface area (Å²) in [6.45, 7) is 16.5. The molecule has 12 nitrogen and oxygen atoms in total. The molecule has 0 bridgehead atoms. The highest BCUT2D eigenvalue weighted by Gasteiger charge is 2.54. The summed E-state index contributed by atoms with van der Waals surface area (Å²) < 4.78 is 18.5. The quantitative estimate of drug-likeness (QED) is 0.195. The Kier molecular flexibility index (Phi) is 14.1. The Balaban J connectivity index is 2.66. The van der Waals surface area contributed by atoms with Crippen molar-refractivity contribution in [3.8, 4) is 0 Å². The van der Waals surface area contributed by atoms with Crippen molar-refractivity contribution in [3.63, 3.8) is 0 Å². The largest absolute Gasteiger partial charge is 0.459 e. The lowest BCUT2D eigenvalue weighted by Gasteiger charge is -2.49. The molecule has 2 heterocycles. The number of likely N-dealkylation sites (N-methyl/N-ethyl adjacent to an activating group) is 2. The summed E-state index contributed by atoms with van der Waals surface area (Å²) in [6.07, 6.45) is -4.73. The molecule has 2 saturated heterocycles.